The smallest absolute Gasteiger partial charge is 0.314 e. The molecule has 0 unspecified atom stereocenters. The zero-order valence-electron chi connectivity index (χ0n) is 10.6. The maximum absolute atomic E-state index is 13.4. The van der Waals surface area contributed by atoms with Gasteiger partial charge in [0, 0.05) is 25.9 Å². The van der Waals surface area contributed by atoms with Crippen LogP contribution in [0.3, 0.4) is 0 Å². The van der Waals surface area contributed by atoms with Gasteiger partial charge in [-0.15, -0.1) is 0 Å². The molecule has 1 aliphatic rings. The molecular weight excluding hydrogens is 299 g/mol. The summed E-state index contributed by atoms with van der Waals surface area (Å²) in [5.74, 6) is -11.7. The van der Waals surface area contributed by atoms with Crippen molar-refractivity contribution in [1.82, 2.24) is 4.90 Å². The fourth-order valence-corrected chi connectivity index (χ4v) is 2.05. The first-order valence-electron chi connectivity index (χ1n) is 6.05. The van der Waals surface area contributed by atoms with E-state index in [0.717, 1.165) is 0 Å². The molecule has 1 saturated heterocycles. The van der Waals surface area contributed by atoms with Crippen LogP contribution in [0.4, 0.5) is 26.7 Å². The zero-order valence-corrected chi connectivity index (χ0v) is 10.6. The monoisotopic (exact) mass is 310 g/mol. The first-order valence-corrected chi connectivity index (χ1v) is 6.05. The molecule has 4 nitrogen and oxygen atoms in total. The molecule has 0 bridgehead atoms. The van der Waals surface area contributed by atoms with Crippen LogP contribution in [-0.2, 0) is 0 Å². The molecule has 0 spiro atoms. The Kier molecular flexibility index (Phi) is 4.19. The molecule has 9 heteroatoms. The van der Waals surface area contributed by atoms with E-state index in [1.54, 1.807) is 0 Å². The highest BCUT2D eigenvalue weighted by Gasteiger charge is 2.30. The maximum Gasteiger partial charge on any atom is 0.314 e. The highest BCUT2D eigenvalue weighted by Crippen LogP contribution is 2.31. The van der Waals surface area contributed by atoms with Gasteiger partial charge in [0.1, 0.15) is 6.10 Å². The molecule has 2 rings (SSSR count). The third-order valence-corrected chi connectivity index (χ3v) is 3.21. The fourth-order valence-electron chi connectivity index (χ4n) is 2.05. The van der Waals surface area contributed by atoms with Gasteiger partial charge >= 0.3 is 6.03 Å². The topological polar surface area (TPSA) is 55.6 Å². The highest BCUT2D eigenvalue weighted by atomic mass is 19.2. The number of hydrogen-bond acceptors (Lipinski definition) is 2. The molecule has 2 amide bonds. The van der Waals surface area contributed by atoms with Crippen LogP contribution in [-0.4, -0.2) is 30.1 Å². The Labute approximate surface area is 116 Å². The first-order chi connectivity index (χ1) is 9.82. The summed E-state index contributed by atoms with van der Waals surface area (Å²) in [6.07, 6.45) is -0.431. The number of primary amides is 1. The summed E-state index contributed by atoms with van der Waals surface area (Å²) in [7, 11) is 0. The third-order valence-electron chi connectivity index (χ3n) is 3.21. The van der Waals surface area contributed by atoms with Crippen LogP contribution in [0.2, 0.25) is 0 Å². The van der Waals surface area contributed by atoms with E-state index in [-0.39, 0.29) is 25.9 Å². The van der Waals surface area contributed by atoms with Gasteiger partial charge in [-0.3, -0.25) is 0 Å². The molecule has 1 aliphatic heterocycles. The van der Waals surface area contributed by atoms with E-state index in [9.17, 15) is 26.7 Å². The van der Waals surface area contributed by atoms with Crippen LogP contribution >= 0.6 is 0 Å². The molecule has 116 valence electrons. The second kappa shape index (κ2) is 5.74. The molecule has 0 radical (unpaired) electrons. The molecule has 2 N–H and O–H groups in total. The molecule has 0 aliphatic carbocycles. The van der Waals surface area contributed by atoms with E-state index in [1.807, 2.05) is 0 Å². The first kappa shape index (κ1) is 15.3. The Balaban J connectivity index is 2.16. The standard InChI is InChI=1S/C12H11F5N2O2/c13-6-7(14)9(16)11(10(17)8(6)15)21-5-1-3-19(4-2-5)12(18)20/h5H,1-4H2,(H2,18,20). The van der Waals surface area contributed by atoms with Gasteiger partial charge in [0.2, 0.25) is 29.1 Å². The Morgan fingerprint density at radius 2 is 1.38 bits per heavy atom. The second-order valence-corrected chi connectivity index (χ2v) is 4.54. The molecular formula is C12H11F5N2O2. The van der Waals surface area contributed by atoms with Crippen molar-refractivity contribution in [3.63, 3.8) is 0 Å². The molecule has 1 aromatic carbocycles. The van der Waals surface area contributed by atoms with Crippen molar-refractivity contribution in [1.29, 1.82) is 0 Å². The van der Waals surface area contributed by atoms with Gasteiger partial charge in [0.25, 0.3) is 0 Å². The van der Waals surface area contributed by atoms with E-state index < -0.39 is 47.0 Å². The summed E-state index contributed by atoms with van der Waals surface area (Å²) in [4.78, 5) is 12.2. The summed E-state index contributed by atoms with van der Waals surface area (Å²) >= 11 is 0. The third kappa shape index (κ3) is 2.86. The van der Waals surface area contributed by atoms with Crippen LogP contribution in [0, 0.1) is 29.1 Å². The summed E-state index contributed by atoms with van der Waals surface area (Å²) in [6, 6.07) is -0.648. The number of rotatable bonds is 2. The minimum Gasteiger partial charge on any atom is -0.484 e. The lowest BCUT2D eigenvalue weighted by atomic mass is 10.1. The molecule has 0 saturated carbocycles. The van der Waals surface area contributed by atoms with Crippen LogP contribution in [0.5, 0.6) is 5.75 Å². The van der Waals surface area contributed by atoms with E-state index in [2.05, 4.69) is 0 Å². The molecule has 1 fully saturated rings. The van der Waals surface area contributed by atoms with Crippen molar-refractivity contribution < 1.29 is 31.5 Å². The SMILES string of the molecule is NC(=O)N1CCC(Oc2c(F)c(F)c(F)c(F)c2F)CC1. The van der Waals surface area contributed by atoms with E-state index in [4.69, 9.17) is 10.5 Å². The highest BCUT2D eigenvalue weighted by molar-refractivity contribution is 5.72. The van der Waals surface area contributed by atoms with Crippen LogP contribution in [0.25, 0.3) is 0 Å². The van der Waals surface area contributed by atoms with Crippen molar-refractivity contribution in [2.45, 2.75) is 18.9 Å². The summed E-state index contributed by atoms with van der Waals surface area (Å²) in [5, 5.41) is 0. The molecule has 0 aromatic heterocycles. The number of piperidine rings is 1. The van der Waals surface area contributed by atoms with E-state index >= 15 is 0 Å². The summed E-state index contributed by atoms with van der Waals surface area (Å²) in [5.41, 5.74) is 5.06. The maximum atomic E-state index is 13.4. The number of amides is 2. The number of hydrogen-bond donors (Lipinski definition) is 1. The second-order valence-electron chi connectivity index (χ2n) is 4.54. The Bertz CT molecular complexity index is 544. The van der Waals surface area contributed by atoms with E-state index in [1.165, 1.54) is 4.90 Å². The van der Waals surface area contributed by atoms with Gasteiger partial charge < -0.3 is 15.4 Å². The number of urea groups is 1. The summed E-state index contributed by atoms with van der Waals surface area (Å²) < 4.78 is 70.7. The number of benzene rings is 1. The predicted molar refractivity (Wildman–Crippen MR) is 61.0 cm³/mol. The minimum absolute atomic E-state index is 0.169. The van der Waals surface area contributed by atoms with Crippen LogP contribution in [0.15, 0.2) is 0 Å². The number of likely N-dealkylation sites (tertiary alicyclic amines) is 1. The average molecular weight is 310 g/mol. The molecule has 21 heavy (non-hydrogen) atoms. The normalized spacial score (nSPS) is 16.1. The number of nitrogens with zero attached hydrogens (tertiary/aromatic N) is 1. The lowest BCUT2D eigenvalue weighted by molar-refractivity contribution is 0.104. The molecule has 1 heterocycles. The van der Waals surface area contributed by atoms with Gasteiger partial charge in [-0.05, 0) is 0 Å². The van der Waals surface area contributed by atoms with Crippen molar-refractivity contribution in [2.75, 3.05) is 13.1 Å². The van der Waals surface area contributed by atoms with E-state index in [0.29, 0.717) is 0 Å². The molecule has 0 atom stereocenters. The van der Waals surface area contributed by atoms with Gasteiger partial charge in [-0.25, -0.2) is 18.0 Å². The van der Waals surface area contributed by atoms with Gasteiger partial charge in [0.05, 0.1) is 0 Å². The minimum atomic E-state index is -2.24. The van der Waals surface area contributed by atoms with Crippen molar-refractivity contribution in [3.8, 4) is 5.75 Å². The van der Waals surface area contributed by atoms with Crippen molar-refractivity contribution in [3.05, 3.63) is 29.1 Å². The van der Waals surface area contributed by atoms with Crippen molar-refractivity contribution >= 4 is 6.03 Å². The zero-order chi connectivity index (χ0) is 15.7. The summed E-state index contributed by atoms with van der Waals surface area (Å²) in [6.45, 7) is 0.352. The van der Waals surface area contributed by atoms with Gasteiger partial charge in [-0.1, -0.05) is 0 Å². The molecule has 1 aromatic rings. The largest absolute Gasteiger partial charge is 0.484 e. The number of halogens is 5. The van der Waals surface area contributed by atoms with Gasteiger partial charge in [-0.2, -0.15) is 8.78 Å². The van der Waals surface area contributed by atoms with Crippen LogP contribution in [0.1, 0.15) is 12.8 Å². The Hall–Kier alpha value is -2.06. The van der Waals surface area contributed by atoms with Crippen LogP contribution < -0.4 is 10.5 Å². The predicted octanol–water partition coefficient (Wildman–Crippen LogP) is 2.30. The fraction of sp³-hybridized carbons (Fsp3) is 0.417. The van der Waals surface area contributed by atoms with Gasteiger partial charge in [0.15, 0.2) is 5.75 Å². The number of carbonyl (C=O) groups excluding carboxylic acids is 1. The average Bonchev–Trinajstić information content (AvgIpc) is 2.48. The lowest BCUT2D eigenvalue weighted by Crippen LogP contribution is -2.44. The number of nitrogens with two attached hydrogens (primary N) is 1. The quantitative estimate of drug-likeness (QED) is 0.518. The Morgan fingerprint density at radius 3 is 1.81 bits per heavy atom. The number of ether oxygens (including phenoxy) is 1. The Morgan fingerprint density at radius 1 is 0.952 bits per heavy atom. The lowest BCUT2D eigenvalue weighted by Gasteiger charge is -2.31. The van der Waals surface area contributed by atoms with Crippen molar-refractivity contribution in [2.24, 2.45) is 5.73 Å². The number of carbonyl (C=O) groups is 1.